The van der Waals surface area contributed by atoms with Crippen LogP contribution in [0, 0.1) is 0 Å². The third kappa shape index (κ3) is 2.90. The first-order chi connectivity index (χ1) is 20.8. The molecule has 5 nitrogen and oxygen atoms in total. The summed E-state index contributed by atoms with van der Waals surface area (Å²) in [5.74, 6) is 2.29. The topological polar surface area (TPSA) is 45.8 Å². The third-order valence-electron chi connectivity index (χ3n) is 9.45. The van der Waals surface area contributed by atoms with Crippen molar-refractivity contribution in [2.75, 3.05) is 0 Å². The van der Waals surface area contributed by atoms with Gasteiger partial charge in [0.1, 0.15) is 11.7 Å². The van der Waals surface area contributed by atoms with Crippen molar-refractivity contribution >= 4 is 45.2 Å². The minimum absolute atomic E-state index is 0.0295. The van der Waals surface area contributed by atoms with Gasteiger partial charge in [0.15, 0.2) is 0 Å². The van der Waals surface area contributed by atoms with Crippen molar-refractivity contribution in [2.24, 2.45) is 9.98 Å². The molecule has 2 aliphatic carbocycles. The second kappa shape index (κ2) is 8.14. The number of imidazole rings is 1. The van der Waals surface area contributed by atoms with Crippen LogP contribution in [0.5, 0.6) is 0 Å². The number of hydrogen-bond donors (Lipinski definition) is 0. The highest BCUT2D eigenvalue weighted by molar-refractivity contribution is 6.13. The van der Waals surface area contributed by atoms with Gasteiger partial charge in [0.05, 0.1) is 41.2 Å². The Labute approximate surface area is 242 Å². The summed E-state index contributed by atoms with van der Waals surface area (Å²) in [6, 6.07) is 28.4. The van der Waals surface area contributed by atoms with E-state index in [-0.39, 0.29) is 24.0 Å². The van der Waals surface area contributed by atoms with E-state index in [2.05, 4.69) is 125 Å². The molecule has 0 saturated carbocycles. The molecule has 5 aliphatic rings. The molecule has 0 amide bonds. The predicted molar refractivity (Wildman–Crippen MR) is 170 cm³/mol. The van der Waals surface area contributed by atoms with Gasteiger partial charge in [-0.3, -0.25) is 4.99 Å². The summed E-state index contributed by atoms with van der Waals surface area (Å²) in [6.07, 6.45) is 17.9. The van der Waals surface area contributed by atoms with Gasteiger partial charge in [-0.25, -0.2) is 9.98 Å². The maximum atomic E-state index is 5.23. The molecule has 0 N–H and O–H groups in total. The van der Waals surface area contributed by atoms with E-state index < -0.39 is 0 Å². The standard InChI is InChI=1S/C37H25N5/c1-2-11-25-23(9-1)27(22-17-18-33-31(19-22)40-36-26-12-3-5-13-29(26)38-21-41(33)36)20-28-24-10-4-7-15-32(24)42-34-16-8-6-14-30(34)39-37(42)35(25)28/h1-21,24,31-33H. The van der Waals surface area contributed by atoms with Crippen LogP contribution in [0.15, 0.2) is 131 Å². The van der Waals surface area contributed by atoms with Gasteiger partial charge in [-0.05, 0) is 63.9 Å². The summed E-state index contributed by atoms with van der Waals surface area (Å²) in [5.41, 5.74) is 9.37. The summed E-state index contributed by atoms with van der Waals surface area (Å²) < 4.78 is 2.45. The SMILES string of the molecule is C1=CC2c3cc(C4=CC5N=C6c7ccccc7N=CN6C5C=C4)c4ccccc4c3-c3nc4ccccc4n3C2C=C1. The monoisotopic (exact) mass is 539 g/mol. The fourth-order valence-corrected chi connectivity index (χ4v) is 7.59. The molecule has 10 rings (SSSR count). The first-order valence-electron chi connectivity index (χ1n) is 14.6. The first kappa shape index (κ1) is 22.4. The largest absolute Gasteiger partial charge is 0.316 e. The van der Waals surface area contributed by atoms with E-state index in [0.717, 1.165) is 28.4 Å². The molecule has 1 aromatic heterocycles. The van der Waals surface area contributed by atoms with Crippen LogP contribution in [-0.2, 0) is 0 Å². The number of benzene rings is 4. The van der Waals surface area contributed by atoms with Crippen LogP contribution in [-0.4, -0.2) is 38.7 Å². The predicted octanol–water partition coefficient (Wildman–Crippen LogP) is 7.75. The summed E-state index contributed by atoms with van der Waals surface area (Å²) in [4.78, 5) is 17.4. The first-order valence-corrected chi connectivity index (χ1v) is 14.6. The minimum Gasteiger partial charge on any atom is -0.316 e. The number of rotatable bonds is 1. The van der Waals surface area contributed by atoms with Crippen molar-refractivity contribution in [1.82, 2.24) is 14.5 Å². The molecular weight excluding hydrogens is 514 g/mol. The highest BCUT2D eigenvalue weighted by Crippen LogP contribution is 2.51. The second-order valence-corrected chi connectivity index (χ2v) is 11.6. The van der Waals surface area contributed by atoms with Crippen LogP contribution < -0.4 is 0 Å². The molecule has 0 spiro atoms. The molecule has 0 saturated heterocycles. The molecule has 42 heavy (non-hydrogen) atoms. The average molecular weight is 540 g/mol. The smallest absolute Gasteiger partial charge is 0.142 e. The Morgan fingerprint density at radius 2 is 1.57 bits per heavy atom. The molecular formula is C37H25N5. The molecule has 0 fully saturated rings. The van der Waals surface area contributed by atoms with Crippen LogP contribution in [0.2, 0.25) is 0 Å². The lowest BCUT2D eigenvalue weighted by molar-refractivity contribution is 0.525. The lowest BCUT2D eigenvalue weighted by Crippen LogP contribution is -2.39. The summed E-state index contributed by atoms with van der Waals surface area (Å²) >= 11 is 0. The number of amidine groups is 1. The maximum Gasteiger partial charge on any atom is 0.142 e. The highest BCUT2D eigenvalue weighted by Gasteiger charge is 2.39. The molecule has 4 aromatic carbocycles. The average Bonchev–Trinajstić information content (AvgIpc) is 3.63. The lowest BCUT2D eigenvalue weighted by Gasteiger charge is -2.35. The number of aliphatic imine (C=N–C) groups is 2. The Morgan fingerprint density at radius 3 is 2.55 bits per heavy atom. The molecule has 4 heterocycles. The lowest BCUT2D eigenvalue weighted by atomic mass is 9.78. The van der Waals surface area contributed by atoms with Crippen molar-refractivity contribution in [3.05, 3.63) is 138 Å². The number of allylic oxidation sites excluding steroid dienone is 6. The number of aromatic nitrogens is 2. The molecule has 198 valence electrons. The number of hydrogen-bond acceptors (Lipinski definition) is 4. The van der Waals surface area contributed by atoms with Gasteiger partial charge < -0.3 is 9.47 Å². The van der Waals surface area contributed by atoms with Crippen LogP contribution in [0.3, 0.4) is 0 Å². The number of nitrogens with zero attached hydrogens (tertiary/aromatic N) is 5. The molecule has 5 heteroatoms. The van der Waals surface area contributed by atoms with E-state index in [1.165, 1.54) is 38.6 Å². The van der Waals surface area contributed by atoms with Crippen molar-refractivity contribution < 1.29 is 0 Å². The van der Waals surface area contributed by atoms with Crippen molar-refractivity contribution in [1.29, 1.82) is 0 Å². The third-order valence-corrected chi connectivity index (χ3v) is 9.45. The quantitative estimate of drug-likeness (QED) is 0.219. The Hall–Kier alpha value is -5.29. The van der Waals surface area contributed by atoms with E-state index in [1.807, 2.05) is 12.4 Å². The van der Waals surface area contributed by atoms with Crippen LogP contribution in [0.1, 0.15) is 28.7 Å². The zero-order chi connectivity index (χ0) is 27.4. The maximum absolute atomic E-state index is 5.23. The van der Waals surface area contributed by atoms with Crippen molar-refractivity contribution in [3.8, 4) is 11.4 Å². The van der Waals surface area contributed by atoms with E-state index in [4.69, 9.17) is 15.0 Å². The minimum atomic E-state index is 0.0295. The summed E-state index contributed by atoms with van der Waals surface area (Å²) in [5, 5.41) is 2.49. The number of para-hydroxylation sites is 3. The van der Waals surface area contributed by atoms with Crippen molar-refractivity contribution in [3.63, 3.8) is 0 Å². The van der Waals surface area contributed by atoms with Crippen LogP contribution >= 0.6 is 0 Å². The number of fused-ring (bicyclic) bond motifs is 15. The zero-order valence-electron chi connectivity index (χ0n) is 22.7. The Kier molecular flexibility index (Phi) is 4.34. The second-order valence-electron chi connectivity index (χ2n) is 11.6. The molecule has 4 atom stereocenters. The van der Waals surface area contributed by atoms with E-state index in [0.29, 0.717) is 0 Å². The summed E-state index contributed by atoms with van der Waals surface area (Å²) in [6.45, 7) is 0. The molecule has 5 aromatic rings. The summed E-state index contributed by atoms with van der Waals surface area (Å²) in [7, 11) is 0. The Morgan fingerprint density at radius 1 is 0.738 bits per heavy atom. The fourth-order valence-electron chi connectivity index (χ4n) is 7.59. The van der Waals surface area contributed by atoms with E-state index >= 15 is 0 Å². The molecule has 0 radical (unpaired) electrons. The van der Waals surface area contributed by atoms with Gasteiger partial charge >= 0.3 is 0 Å². The van der Waals surface area contributed by atoms with Crippen LogP contribution in [0.25, 0.3) is 38.8 Å². The van der Waals surface area contributed by atoms with Gasteiger partial charge in [-0.2, -0.15) is 0 Å². The van der Waals surface area contributed by atoms with Gasteiger partial charge in [0, 0.05) is 17.0 Å². The van der Waals surface area contributed by atoms with Gasteiger partial charge in [0.25, 0.3) is 0 Å². The normalized spacial score (nSPS) is 24.0. The molecule has 3 aliphatic heterocycles. The fraction of sp³-hybridized carbons (Fsp3) is 0.108. The Balaban J connectivity index is 1.18. The Bertz CT molecular complexity index is 2190. The van der Waals surface area contributed by atoms with Crippen molar-refractivity contribution in [2.45, 2.75) is 24.0 Å². The molecule has 4 unspecified atom stereocenters. The van der Waals surface area contributed by atoms with Crippen LogP contribution in [0.4, 0.5) is 5.69 Å². The van der Waals surface area contributed by atoms with E-state index in [1.54, 1.807) is 0 Å². The van der Waals surface area contributed by atoms with E-state index in [9.17, 15) is 0 Å². The zero-order valence-corrected chi connectivity index (χ0v) is 22.7. The highest BCUT2D eigenvalue weighted by atomic mass is 15.3. The van der Waals surface area contributed by atoms with Gasteiger partial charge in [0.2, 0.25) is 0 Å². The van der Waals surface area contributed by atoms with Gasteiger partial charge in [-0.1, -0.05) is 85.0 Å². The van der Waals surface area contributed by atoms with Gasteiger partial charge in [-0.15, -0.1) is 0 Å². The molecule has 0 bridgehead atoms.